The van der Waals surface area contributed by atoms with Crippen LogP contribution in [0.2, 0.25) is 24.7 Å². The molecule has 0 radical (unpaired) electrons. The molecule has 0 aliphatic heterocycles. The van der Waals surface area contributed by atoms with Gasteiger partial charge >= 0.3 is 8.32 Å². The van der Waals surface area contributed by atoms with E-state index in [0.29, 0.717) is 0 Å². The normalized spacial score (nSPS) is 18.1. The molecule has 0 N–H and O–H groups in total. The lowest BCUT2D eigenvalue weighted by Crippen LogP contribution is -2.68. The Hall–Kier alpha value is -4.50. The summed E-state index contributed by atoms with van der Waals surface area (Å²) in [5.41, 5.74) is 3.72. The van der Waals surface area contributed by atoms with Crippen molar-refractivity contribution >= 4 is 27.0 Å². The zero-order valence-electron chi connectivity index (χ0n) is 32.1. The predicted octanol–water partition coefficient (Wildman–Crippen LogP) is 11.4. The molecule has 0 unspecified atom stereocenters. The van der Waals surface area contributed by atoms with Gasteiger partial charge in [-0.25, -0.2) is 4.98 Å². The fraction of sp³-hybridized carbons (Fsp3) is 0.298. The predicted molar refractivity (Wildman–Crippen MR) is 224 cm³/mol. The second-order valence-corrected chi connectivity index (χ2v) is 25.3. The van der Waals surface area contributed by atoms with Gasteiger partial charge in [-0.05, 0) is 65.6 Å². The van der Waals surface area contributed by atoms with Gasteiger partial charge in [-0.15, -0.1) is 0 Å². The highest BCUT2D eigenvalue weighted by Crippen LogP contribution is 2.49. The second-order valence-electron chi connectivity index (χ2n) is 16.6. The molecule has 1 aliphatic rings. The van der Waals surface area contributed by atoms with Gasteiger partial charge in [0.15, 0.2) is 14.1 Å². The fourth-order valence-electron chi connectivity index (χ4n) is 8.49. The number of nitrogens with zero attached hydrogens (tertiary/aromatic N) is 1. The van der Waals surface area contributed by atoms with Crippen LogP contribution in [0.15, 0.2) is 150 Å². The first kappa shape index (κ1) is 36.8. The van der Waals surface area contributed by atoms with Gasteiger partial charge < -0.3 is 13.3 Å². The molecule has 1 saturated carbocycles. The van der Waals surface area contributed by atoms with Crippen molar-refractivity contribution in [2.75, 3.05) is 0 Å². The summed E-state index contributed by atoms with van der Waals surface area (Å²) < 4.78 is 21.9. The molecule has 7 rings (SSSR count). The first-order valence-electron chi connectivity index (χ1n) is 19.2. The number of benzene rings is 5. The molecular weight excluding hydrogens is 683 g/mol. The summed E-state index contributed by atoms with van der Waals surface area (Å²) in [5, 5.41) is 2.39. The van der Waals surface area contributed by atoms with Gasteiger partial charge in [0.2, 0.25) is 5.89 Å². The maximum Gasteiger partial charge on any atom is 0.319 e. The van der Waals surface area contributed by atoms with Gasteiger partial charge in [0.25, 0.3) is 0 Å². The zero-order valence-corrected chi connectivity index (χ0v) is 34.1. The van der Waals surface area contributed by atoms with E-state index in [2.05, 4.69) is 174 Å². The van der Waals surface area contributed by atoms with Crippen molar-refractivity contribution in [3.05, 3.63) is 157 Å². The van der Waals surface area contributed by atoms with E-state index in [1.807, 2.05) is 12.1 Å². The van der Waals surface area contributed by atoms with Crippen molar-refractivity contribution in [3.63, 3.8) is 0 Å². The van der Waals surface area contributed by atoms with Crippen LogP contribution >= 0.6 is 0 Å². The summed E-state index contributed by atoms with van der Waals surface area (Å²) in [6.07, 6.45) is 4.89. The summed E-state index contributed by atoms with van der Waals surface area (Å²) in [5.74, 6) is 2.51. The van der Waals surface area contributed by atoms with Crippen LogP contribution in [0.4, 0.5) is 0 Å². The summed E-state index contributed by atoms with van der Waals surface area (Å²) in [6, 6.07) is 51.4. The third-order valence-electron chi connectivity index (χ3n) is 10.6. The van der Waals surface area contributed by atoms with E-state index >= 15 is 0 Å². The molecule has 6 heteroatoms. The van der Waals surface area contributed by atoms with Crippen molar-refractivity contribution in [2.24, 2.45) is 0 Å². The van der Waals surface area contributed by atoms with Gasteiger partial charge in [-0.1, -0.05) is 167 Å². The third kappa shape index (κ3) is 7.77. The third-order valence-corrected chi connectivity index (χ3v) is 16.6. The average molecular weight is 736 g/mol. The van der Waals surface area contributed by atoms with Gasteiger partial charge in [-0.2, -0.15) is 0 Å². The van der Waals surface area contributed by atoms with E-state index in [-0.39, 0.29) is 11.0 Å². The minimum absolute atomic E-state index is 0.00384. The Kier molecular flexibility index (Phi) is 10.5. The van der Waals surface area contributed by atoms with E-state index in [9.17, 15) is 0 Å². The largest absolute Gasteiger partial charge is 0.534 e. The maximum absolute atomic E-state index is 7.51. The number of hydrogen-bond donors (Lipinski definition) is 0. The average Bonchev–Trinajstić information content (AvgIpc) is 3.60. The van der Waals surface area contributed by atoms with Gasteiger partial charge in [0.1, 0.15) is 11.4 Å². The van der Waals surface area contributed by atoms with Crippen LogP contribution in [0.5, 0.6) is 5.75 Å². The summed E-state index contributed by atoms with van der Waals surface area (Å²) in [4.78, 5) is 5.36. The number of rotatable bonds is 11. The molecule has 1 fully saturated rings. The van der Waals surface area contributed by atoms with Crippen LogP contribution in [-0.4, -0.2) is 27.2 Å². The molecule has 4 nitrogen and oxygen atoms in total. The van der Waals surface area contributed by atoms with E-state index in [1.165, 1.54) is 15.9 Å². The number of hydrogen-bond acceptors (Lipinski definition) is 4. The Bertz CT molecular complexity index is 1990. The van der Waals surface area contributed by atoms with Crippen LogP contribution in [0.1, 0.15) is 63.8 Å². The highest BCUT2D eigenvalue weighted by molar-refractivity contribution is 7.00. The van der Waals surface area contributed by atoms with Gasteiger partial charge in [0, 0.05) is 17.5 Å². The Balaban J connectivity index is 1.31. The van der Waals surface area contributed by atoms with Crippen LogP contribution < -0.4 is 14.8 Å². The van der Waals surface area contributed by atoms with Crippen molar-refractivity contribution in [2.45, 2.75) is 89.1 Å². The monoisotopic (exact) mass is 735 g/mol. The summed E-state index contributed by atoms with van der Waals surface area (Å²) in [6.45, 7) is 13.9. The van der Waals surface area contributed by atoms with Gasteiger partial charge in [-0.3, -0.25) is 0 Å². The summed E-state index contributed by atoms with van der Waals surface area (Å²) >= 11 is 0. The maximum atomic E-state index is 7.51. The molecule has 0 spiro atoms. The number of oxazole rings is 1. The molecule has 2 atom stereocenters. The van der Waals surface area contributed by atoms with Gasteiger partial charge in [0.05, 0.1) is 11.5 Å². The van der Waals surface area contributed by atoms with Crippen molar-refractivity contribution in [3.8, 4) is 28.3 Å². The fourth-order valence-corrected chi connectivity index (χ4v) is 14.4. The molecule has 1 heterocycles. The SMILES string of the molecule is CC(C)(C)[Si](Oc1cccc(C[C@]2(O[Si](C)(C)C)CCCC[C@@H]2c2nc(-c3ccccc3)c(-c3ccccc3)o2)c1)(c1ccccc1)c1ccccc1. The lowest BCUT2D eigenvalue weighted by molar-refractivity contribution is -0.00700. The quantitative estimate of drug-likeness (QED) is 0.124. The molecule has 0 saturated heterocycles. The van der Waals surface area contributed by atoms with Crippen molar-refractivity contribution < 1.29 is 13.3 Å². The van der Waals surface area contributed by atoms with E-state index in [1.54, 1.807) is 0 Å². The Morgan fingerprint density at radius 3 is 1.83 bits per heavy atom. The second kappa shape index (κ2) is 15.1. The zero-order chi connectivity index (χ0) is 37.1. The van der Waals surface area contributed by atoms with E-state index < -0.39 is 22.2 Å². The Labute approximate surface area is 318 Å². The summed E-state index contributed by atoms with van der Waals surface area (Å²) in [7, 11) is -4.84. The van der Waals surface area contributed by atoms with E-state index in [4.69, 9.17) is 18.3 Å². The molecule has 5 aromatic carbocycles. The highest BCUT2D eigenvalue weighted by Gasteiger charge is 2.52. The molecule has 0 amide bonds. The highest BCUT2D eigenvalue weighted by atomic mass is 28.4. The lowest BCUT2D eigenvalue weighted by atomic mass is 9.72. The topological polar surface area (TPSA) is 44.5 Å². The van der Waals surface area contributed by atoms with Crippen molar-refractivity contribution in [1.29, 1.82) is 0 Å². The molecule has 1 aromatic heterocycles. The van der Waals surface area contributed by atoms with Crippen molar-refractivity contribution in [1.82, 2.24) is 4.98 Å². The first-order chi connectivity index (χ1) is 25.5. The molecule has 6 aromatic rings. The molecular formula is C47H53NO3Si2. The minimum Gasteiger partial charge on any atom is -0.534 e. The molecule has 53 heavy (non-hydrogen) atoms. The minimum atomic E-state index is -2.81. The standard InChI is InChI=1S/C47H53NO3Si2/c1-46(2,3)53(40-28-15-9-16-29-40,41-30-17-10-18-31-41)50-39-27-21-22-36(34-39)35-47(51-52(4,5)6)33-20-19-32-42(47)45-48-43(37-23-11-7-12-24-37)44(49-45)38-25-13-8-14-26-38/h7-18,21-31,34,42H,19-20,32-33,35H2,1-6H3/t42-,47-/m1/s1. The van der Waals surface area contributed by atoms with Crippen LogP contribution in [-0.2, 0) is 10.8 Å². The van der Waals surface area contributed by atoms with Crippen LogP contribution in [0.25, 0.3) is 22.6 Å². The Morgan fingerprint density at radius 2 is 1.26 bits per heavy atom. The number of aromatic nitrogens is 1. The smallest absolute Gasteiger partial charge is 0.319 e. The first-order valence-corrected chi connectivity index (χ1v) is 24.5. The molecule has 1 aliphatic carbocycles. The Morgan fingerprint density at radius 1 is 0.698 bits per heavy atom. The lowest BCUT2D eigenvalue weighted by Gasteiger charge is -2.47. The molecule has 0 bridgehead atoms. The molecule has 272 valence electrons. The van der Waals surface area contributed by atoms with Crippen LogP contribution in [0.3, 0.4) is 0 Å². The van der Waals surface area contributed by atoms with Crippen LogP contribution in [0, 0.1) is 0 Å². The van der Waals surface area contributed by atoms with E-state index in [0.717, 1.165) is 66.3 Å².